The molecule has 0 saturated carbocycles. The van der Waals surface area contributed by atoms with Gasteiger partial charge in [0, 0.05) is 36.0 Å². The van der Waals surface area contributed by atoms with Gasteiger partial charge in [-0.2, -0.15) is 13.2 Å². The van der Waals surface area contributed by atoms with Gasteiger partial charge < -0.3 is 9.88 Å². The quantitative estimate of drug-likeness (QED) is 0.522. The van der Waals surface area contributed by atoms with Gasteiger partial charge in [-0.3, -0.25) is 0 Å². The fourth-order valence-corrected chi connectivity index (χ4v) is 4.97. The minimum absolute atomic E-state index is 0.0336. The molecule has 4 rings (SSSR count). The van der Waals surface area contributed by atoms with Gasteiger partial charge in [-0.15, -0.1) is 0 Å². The summed E-state index contributed by atoms with van der Waals surface area (Å²) >= 11 is 3.42. The summed E-state index contributed by atoms with van der Waals surface area (Å²) in [4.78, 5) is 12.1. The molecule has 33 heavy (non-hydrogen) atoms. The van der Waals surface area contributed by atoms with Gasteiger partial charge in [0.2, 0.25) is 16.0 Å². The van der Waals surface area contributed by atoms with Crippen LogP contribution in [0, 0.1) is 0 Å². The van der Waals surface area contributed by atoms with Crippen molar-refractivity contribution in [3.8, 4) is 17.1 Å². The van der Waals surface area contributed by atoms with E-state index in [-0.39, 0.29) is 23.4 Å². The van der Waals surface area contributed by atoms with Crippen LogP contribution in [0.3, 0.4) is 0 Å². The van der Waals surface area contributed by atoms with Crippen LogP contribution in [0.15, 0.2) is 47.5 Å². The van der Waals surface area contributed by atoms with E-state index in [0.717, 1.165) is 22.6 Å². The molecule has 1 saturated heterocycles. The predicted octanol–water partition coefficient (Wildman–Crippen LogP) is 3.95. The molecule has 2 aromatic heterocycles. The molecular formula is C20H20BrF3N6O2S. The maximum absolute atomic E-state index is 13.7. The summed E-state index contributed by atoms with van der Waals surface area (Å²) in [5.74, 6) is 0.0336. The van der Waals surface area contributed by atoms with Gasteiger partial charge >= 0.3 is 6.18 Å². The van der Waals surface area contributed by atoms with Gasteiger partial charge in [0.25, 0.3) is 0 Å². The van der Waals surface area contributed by atoms with Gasteiger partial charge in [0.1, 0.15) is 23.3 Å². The lowest BCUT2D eigenvalue weighted by molar-refractivity contribution is -0.137. The Kier molecular flexibility index (Phi) is 6.47. The second-order valence-electron chi connectivity index (χ2n) is 7.65. The number of para-hydroxylation sites is 1. The van der Waals surface area contributed by atoms with Crippen molar-refractivity contribution in [3.05, 3.63) is 53.0 Å². The van der Waals surface area contributed by atoms with Crippen molar-refractivity contribution in [1.82, 2.24) is 23.8 Å². The molecule has 3 heterocycles. The summed E-state index contributed by atoms with van der Waals surface area (Å²) in [6.07, 6.45) is 1.11. The largest absolute Gasteiger partial charge is 0.420 e. The maximum Gasteiger partial charge on any atom is 0.420 e. The standard InChI is InChI=1S/C20H20BrF3N6O2S/c1-33(31,32)30-8-6-13(7-9-30)27-19-25-10-14(20(22,23)24)18(28-19)16-11-29(12-26-16)17-5-3-2-4-15(17)21/h2-5,10-13H,6-9H2,1H3,(H,25,27,28). The van der Waals surface area contributed by atoms with Crippen molar-refractivity contribution < 1.29 is 21.6 Å². The molecule has 1 aliphatic rings. The Morgan fingerprint density at radius 2 is 1.85 bits per heavy atom. The zero-order chi connectivity index (χ0) is 23.8. The molecule has 1 aliphatic heterocycles. The van der Waals surface area contributed by atoms with Crippen LogP contribution in [0.4, 0.5) is 19.1 Å². The summed E-state index contributed by atoms with van der Waals surface area (Å²) in [6.45, 7) is 0.640. The Hall–Kier alpha value is -2.51. The van der Waals surface area contributed by atoms with Crippen molar-refractivity contribution >= 4 is 31.9 Å². The van der Waals surface area contributed by atoms with E-state index in [1.165, 1.54) is 16.8 Å². The van der Waals surface area contributed by atoms with E-state index in [1.807, 2.05) is 18.2 Å². The zero-order valence-electron chi connectivity index (χ0n) is 17.4. The molecule has 1 aromatic carbocycles. The van der Waals surface area contributed by atoms with Crippen molar-refractivity contribution in [3.63, 3.8) is 0 Å². The van der Waals surface area contributed by atoms with E-state index in [4.69, 9.17) is 0 Å². The van der Waals surface area contributed by atoms with Crippen LogP contribution in [0.5, 0.6) is 0 Å². The molecule has 0 unspecified atom stereocenters. The van der Waals surface area contributed by atoms with E-state index >= 15 is 0 Å². The molecule has 0 amide bonds. The van der Waals surface area contributed by atoms with Crippen molar-refractivity contribution in [2.24, 2.45) is 0 Å². The van der Waals surface area contributed by atoms with Gasteiger partial charge in [0.05, 0.1) is 11.9 Å². The van der Waals surface area contributed by atoms with Crippen LogP contribution >= 0.6 is 15.9 Å². The SMILES string of the molecule is CS(=O)(=O)N1CCC(Nc2ncc(C(F)(F)F)c(-c3cn(-c4ccccc4Br)cn3)n2)CC1. The molecule has 0 aliphatic carbocycles. The molecule has 8 nitrogen and oxygen atoms in total. The highest BCUT2D eigenvalue weighted by atomic mass is 79.9. The van der Waals surface area contributed by atoms with Crippen molar-refractivity contribution in [2.75, 3.05) is 24.7 Å². The Bertz CT molecular complexity index is 1260. The molecule has 0 radical (unpaired) electrons. The first-order valence-electron chi connectivity index (χ1n) is 9.97. The summed E-state index contributed by atoms with van der Waals surface area (Å²) < 4.78 is 68.1. The third-order valence-corrected chi connectivity index (χ3v) is 7.28. The van der Waals surface area contributed by atoms with E-state index in [0.29, 0.717) is 25.9 Å². The first-order chi connectivity index (χ1) is 15.5. The first kappa shape index (κ1) is 23.6. The molecule has 1 N–H and O–H groups in total. The fourth-order valence-electron chi connectivity index (χ4n) is 3.61. The first-order valence-corrected chi connectivity index (χ1v) is 12.6. The minimum Gasteiger partial charge on any atom is -0.351 e. The molecule has 0 atom stereocenters. The number of hydrogen-bond donors (Lipinski definition) is 1. The highest BCUT2D eigenvalue weighted by molar-refractivity contribution is 9.10. The molecule has 0 spiro atoms. The number of benzene rings is 1. The van der Waals surface area contributed by atoms with Crippen LogP contribution in [0.2, 0.25) is 0 Å². The fraction of sp³-hybridized carbons (Fsp3) is 0.350. The number of anilines is 1. The number of nitrogens with zero attached hydrogens (tertiary/aromatic N) is 5. The summed E-state index contributed by atoms with van der Waals surface area (Å²) in [5.41, 5.74) is -0.554. The molecule has 1 fully saturated rings. The number of rotatable bonds is 5. The van der Waals surface area contributed by atoms with Crippen LogP contribution in [-0.4, -0.2) is 57.6 Å². The van der Waals surface area contributed by atoms with Crippen LogP contribution in [0.25, 0.3) is 17.1 Å². The van der Waals surface area contributed by atoms with Crippen LogP contribution in [-0.2, 0) is 16.2 Å². The maximum atomic E-state index is 13.7. The lowest BCUT2D eigenvalue weighted by Gasteiger charge is -2.30. The Balaban J connectivity index is 1.62. The lowest BCUT2D eigenvalue weighted by Crippen LogP contribution is -2.42. The second kappa shape index (κ2) is 9.03. The number of sulfonamides is 1. The number of imidazole rings is 1. The van der Waals surface area contributed by atoms with Crippen molar-refractivity contribution in [2.45, 2.75) is 25.1 Å². The van der Waals surface area contributed by atoms with Gasteiger partial charge in [-0.1, -0.05) is 12.1 Å². The number of nitrogens with one attached hydrogen (secondary N) is 1. The summed E-state index contributed by atoms with van der Waals surface area (Å²) in [7, 11) is -3.28. The molecule has 176 valence electrons. The topological polar surface area (TPSA) is 93.0 Å². The predicted molar refractivity (Wildman–Crippen MR) is 120 cm³/mol. The number of aromatic nitrogens is 4. The normalized spacial score (nSPS) is 16.2. The highest BCUT2D eigenvalue weighted by Crippen LogP contribution is 2.36. The highest BCUT2D eigenvalue weighted by Gasteiger charge is 2.36. The van der Waals surface area contributed by atoms with Crippen LogP contribution in [0.1, 0.15) is 18.4 Å². The Morgan fingerprint density at radius 3 is 2.48 bits per heavy atom. The van der Waals surface area contributed by atoms with E-state index < -0.39 is 21.8 Å². The smallest absolute Gasteiger partial charge is 0.351 e. The summed E-state index contributed by atoms with van der Waals surface area (Å²) in [6, 6.07) is 7.09. The lowest BCUT2D eigenvalue weighted by atomic mass is 10.1. The number of piperidine rings is 1. The number of halogens is 4. The third-order valence-electron chi connectivity index (χ3n) is 5.31. The monoisotopic (exact) mass is 544 g/mol. The molecule has 0 bridgehead atoms. The van der Waals surface area contributed by atoms with E-state index in [1.54, 1.807) is 10.6 Å². The third kappa shape index (κ3) is 5.36. The number of hydrogen-bond acceptors (Lipinski definition) is 6. The molecule has 13 heteroatoms. The van der Waals surface area contributed by atoms with Gasteiger partial charge in [-0.05, 0) is 40.9 Å². The minimum atomic E-state index is -4.66. The number of alkyl halides is 3. The Labute approximate surface area is 197 Å². The van der Waals surface area contributed by atoms with Crippen LogP contribution < -0.4 is 5.32 Å². The van der Waals surface area contributed by atoms with E-state index in [2.05, 4.69) is 36.2 Å². The van der Waals surface area contributed by atoms with Crippen molar-refractivity contribution in [1.29, 1.82) is 0 Å². The molecule has 3 aromatic rings. The zero-order valence-corrected chi connectivity index (χ0v) is 19.8. The second-order valence-corrected chi connectivity index (χ2v) is 10.5. The van der Waals surface area contributed by atoms with E-state index in [9.17, 15) is 21.6 Å². The Morgan fingerprint density at radius 1 is 1.15 bits per heavy atom. The average Bonchev–Trinajstić information content (AvgIpc) is 3.23. The summed E-state index contributed by atoms with van der Waals surface area (Å²) in [5, 5.41) is 3.04. The average molecular weight is 545 g/mol. The van der Waals surface area contributed by atoms with Gasteiger partial charge in [-0.25, -0.2) is 27.7 Å². The molecular weight excluding hydrogens is 525 g/mol. The van der Waals surface area contributed by atoms with Gasteiger partial charge in [0.15, 0.2) is 0 Å².